The number of para-hydroxylation sites is 2. The number of hydrogen-bond donors (Lipinski definition) is 0. The lowest BCUT2D eigenvalue weighted by Gasteiger charge is -2.18. The van der Waals surface area contributed by atoms with Crippen LogP contribution in [0.4, 0.5) is 5.69 Å². The van der Waals surface area contributed by atoms with E-state index in [4.69, 9.17) is 4.42 Å². The molecule has 5 nitrogen and oxygen atoms in total. The maximum Gasteiger partial charge on any atom is 0.420 e. The molecule has 0 saturated heterocycles. The van der Waals surface area contributed by atoms with Crippen LogP contribution in [0, 0.1) is 13.8 Å². The number of hydrogen-bond acceptors (Lipinski definition) is 3. The summed E-state index contributed by atoms with van der Waals surface area (Å²) in [4.78, 5) is 26.0. The minimum Gasteiger partial charge on any atom is -0.408 e. The van der Waals surface area contributed by atoms with Gasteiger partial charge in [0.1, 0.15) is 6.54 Å². The van der Waals surface area contributed by atoms with Gasteiger partial charge in [-0.2, -0.15) is 0 Å². The van der Waals surface area contributed by atoms with Crippen molar-refractivity contribution in [2.75, 3.05) is 11.9 Å². The maximum absolute atomic E-state index is 12.5. The number of carbonyl (C=O) groups is 1. The minimum atomic E-state index is -0.520. The summed E-state index contributed by atoms with van der Waals surface area (Å²) in [5.41, 5.74) is 4.21. The lowest BCUT2D eigenvalue weighted by Crippen LogP contribution is -2.32. The first-order valence-corrected chi connectivity index (χ1v) is 7.39. The van der Waals surface area contributed by atoms with Crippen LogP contribution in [0.3, 0.4) is 0 Å². The van der Waals surface area contributed by atoms with Crippen molar-refractivity contribution in [1.29, 1.82) is 0 Å². The molecule has 0 aliphatic heterocycles. The summed E-state index contributed by atoms with van der Waals surface area (Å²) < 4.78 is 6.51. The number of nitrogens with zero attached hydrogens (tertiary/aromatic N) is 2. The number of oxazole rings is 1. The zero-order valence-electron chi connectivity index (χ0n) is 13.4. The second kappa shape index (κ2) is 5.76. The Labute approximate surface area is 133 Å². The van der Waals surface area contributed by atoms with Crippen molar-refractivity contribution in [2.24, 2.45) is 0 Å². The predicted octanol–water partition coefficient (Wildman–Crippen LogP) is 2.87. The summed E-state index contributed by atoms with van der Waals surface area (Å²) in [5, 5.41) is 0. The van der Waals surface area contributed by atoms with Gasteiger partial charge in [0.25, 0.3) is 0 Å². The van der Waals surface area contributed by atoms with Crippen molar-refractivity contribution in [3.63, 3.8) is 0 Å². The van der Waals surface area contributed by atoms with Gasteiger partial charge >= 0.3 is 5.76 Å². The number of aromatic nitrogens is 1. The highest BCUT2D eigenvalue weighted by molar-refractivity contribution is 5.93. The molecule has 0 atom stereocenters. The monoisotopic (exact) mass is 310 g/mol. The van der Waals surface area contributed by atoms with E-state index in [1.165, 1.54) is 10.1 Å². The molecule has 1 amide bonds. The van der Waals surface area contributed by atoms with Gasteiger partial charge in [0.05, 0.1) is 5.52 Å². The normalized spacial score (nSPS) is 10.9. The Bertz CT molecular complexity index is 937. The largest absolute Gasteiger partial charge is 0.420 e. The van der Waals surface area contributed by atoms with Crippen molar-refractivity contribution in [3.8, 4) is 0 Å². The van der Waals surface area contributed by atoms with Crippen LogP contribution in [0.1, 0.15) is 11.1 Å². The van der Waals surface area contributed by atoms with Gasteiger partial charge in [0.2, 0.25) is 5.91 Å². The number of amides is 1. The maximum atomic E-state index is 12.5. The van der Waals surface area contributed by atoms with Crippen LogP contribution in [0.15, 0.2) is 51.7 Å². The van der Waals surface area contributed by atoms with Crippen LogP contribution in [0.25, 0.3) is 11.1 Å². The van der Waals surface area contributed by atoms with E-state index in [-0.39, 0.29) is 12.5 Å². The first kappa shape index (κ1) is 15.1. The summed E-state index contributed by atoms with van der Waals surface area (Å²) in [6.45, 7) is 3.97. The summed E-state index contributed by atoms with van der Waals surface area (Å²) in [7, 11) is 1.71. The Morgan fingerprint density at radius 3 is 2.61 bits per heavy atom. The minimum absolute atomic E-state index is 0.0563. The first-order valence-electron chi connectivity index (χ1n) is 7.39. The molecule has 0 aliphatic carbocycles. The van der Waals surface area contributed by atoms with Gasteiger partial charge in [-0.1, -0.05) is 18.2 Å². The summed E-state index contributed by atoms with van der Waals surface area (Å²) in [6.07, 6.45) is 0. The molecule has 5 heteroatoms. The summed E-state index contributed by atoms with van der Waals surface area (Å²) in [5.74, 6) is -0.699. The van der Waals surface area contributed by atoms with Gasteiger partial charge in [0, 0.05) is 12.7 Å². The second-order valence-electron chi connectivity index (χ2n) is 5.64. The smallest absolute Gasteiger partial charge is 0.408 e. The number of benzene rings is 2. The van der Waals surface area contributed by atoms with E-state index in [1.54, 1.807) is 30.1 Å². The van der Waals surface area contributed by atoms with E-state index < -0.39 is 5.76 Å². The van der Waals surface area contributed by atoms with Crippen LogP contribution >= 0.6 is 0 Å². The van der Waals surface area contributed by atoms with E-state index in [0.717, 1.165) is 11.3 Å². The highest BCUT2D eigenvalue weighted by atomic mass is 16.4. The Morgan fingerprint density at radius 2 is 1.87 bits per heavy atom. The predicted molar refractivity (Wildman–Crippen MR) is 89.8 cm³/mol. The topological polar surface area (TPSA) is 55.5 Å². The third kappa shape index (κ3) is 2.77. The molecule has 0 bridgehead atoms. The van der Waals surface area contributed by atoms with Crippen LogP contribution in [-0.2, 0) is 11.3 Å². The molecule has 3 rings (SSSR count). The van der Waals surface area contributed by atoms with Gasteiger partial charge in [-0.05, 0) is 49.2 Å². The molecule has 3 aromatic rings. The van der Waals surface area contributed by atoms with Gasteiger partial charge in [-0.15, -0.1) is 0 Å². The van der Waals surface area contributed by atoms with Gasteiger partial charge < -0.3 is 9.32 Å². The molecule has 1 aromatic heterocycles. The van der Waals surface area contributed by atoms with Crippen LogP contribution in [0.2, 0.25) is 0 Å². The second-order valence-corrected chi connectivity index (χ2v) is 5.64. The molecule has 0 N–H and O–H groups in total. The molecule has 0 unspecified atom stereocenters. The quantitative estimate of drug-likeness (QED) is 0.747. The molecule has 0 fully saturated rings. The summed E-state index contributed by atoms with van der Waals surface area (Å²) >= 11 is 0. The molecule has 0 radical (unpaired) electrons. The zero-order valence-corrected chi connectivity index (χ0v) is 13.4. The van der Waals surface area contributed by atoms with E-state index in [9.17, 15) is 9.59 Å². The van der Waals surface area contributed by atoms with Crippen LogP contribution in [-0.4, -0.2) is 17.5 Å². The fourth-order valence-electron chi connectivity index (χ4n) is 2.48. The molecule has 0 aliphatic rings. The zero-order chi connectivity index (χ0) is 16.6. The van der Waals surface area contributed by atoms with Crippen molar-refractivity contribution in [1.82, 2.24) is 4.57 Å². The average molecular weight is 310 g/mol. The molecule has 0 saturated carbocycles. The average Bonchev–Trinajstić information content (AvgIpc) is 2.85. The molecule has 118 valence electrons. The number of rotatable bonds is 3. The van der Waals surface area contributed by atoms with Gasteiger partial charge in [-0.25, -0.2) is 4.79 Å². The SMILES string of the molecule is Cc1ccc(N(C)C(=O)Cn2c(=O)oc3ccccc32)cc1C. The Hall–Kier alpha value is -2.82. The number of anilines is 1. The Balaban J connectivity index is 1.89. The molecular formula is C18H18N2O3. The highest BCUT2D eigenvalue weighted by Gasteiger charge is 2.16. The van der Waals surface area contributed by atoms with E-state index >= 15 is 0 Å². The van der Waals surface area contributed by atoms with Crippen molar-refractivity contribution in [2.45, 2.75) is 20.4 Å². The number of fused-ring (bicyclic) bond motifs is 1. The van der Waals surface area contributed by atoms with E-state index in [0.29, 0.717) is 11.1 Å². The number of likely N-dealkylation sites (N-methyl/N-ethyl adjacent to an activating group) is 1. The standard InChI is InChI=1S/C18H18N2O3/c1-12-8-9-14(10-13(12)2)19(3)17(21)11-20-15-6-4-5-7-16(15)23-18(20)22/h4-10H,11H2,1-3H3. The van der Waals surface area contributed by atoms with Gasteiger partial charge in [0.15, 0.2) is 5.58 Å². The Kier molecular flexibility index (Phi) is 3.78. The Morgan fingerprint density at radius 1 is 1.13 bits per heavy atom. The molecule has 0 spiro atoms. The lowest BCUT2D eigenvalue weighted by atomic mass is 10.1. The fraction of sp³-hybridized carbons (Fsp3) is 0.222. The molecule has 1 heterocycles. The van der Waals surface area contributed by atoms with Gasteiger partial charge in [-0.3, -0.25) is 9.36 Å². The summed E-state index contributed by atoms with van der Waals surface area (Å²) in [6, 6.07) is 12.9. The van der Waals surface area contributed by atoms with Crippen molar-refractivity contribution >= 4 is 22.7 Å². The van der Waals surface area contributed by atoms with E-state index in [1.807, 2.05) is 38.1 Å². The highest BCUT2D eigenvalue weighted by Crippen LogP contribution is 2.18. The molecular weight excluding hydrogens is 292 g/mol. The molecule has 23 heavy (non-hydrogen) atoms. The van der Waals surface area contributed by atoms with Crippen molar-refractivity contribution < 1.29 is 9.21 Å². The first-order chi connectivity index (χ1) is 11.0. The lowest BCUT2D eigenvalue weighted by molar-refractivity contribution is -0.118. The van der Waals surface area contributed by atoms with Crippen LogP contribution < -0.4 is 10.7 Å². The molecule has 2 aromatic carbocycles. The van der Waals surface area contributed by atoms with Crippen LogP contribution in [0.5, 0.6) is 0 Å². The number of aryl methyl sites for hydroxylation is 2. The number of carbonyl (C=O) groups excluding carboxylic acids is 1. The third-order valence-corrected chi connectivity index (χ3v) is 4.12. The third-order valence-electron chi connectivity index (χ3n) is 4.12. The van der Waals surface area contributed by atoms with Crippen molar-refractivity contribution in [3.05, 3.63) is 64.1 Å². The van der Waals surface area contributed by atoms with E-state index in [2.05, 4.69) is 0 Å². The fourth-order valence-corrected chi connectivity index (χ4v) is 2.48.